The molecule has 2 aromatic carbocycles. The Morgan fingerprint density at radius 3 is 2.68 bits per heavy atom. The Hall–Kier alpha value is -2.53. The summed E-state index contributed by atoms with van der Waals surface area (Å²) in [5.41, 5.74) is 1.93. The molecule has 0 radical (unpaired) electrons. The molecule has 1 N–H and O–H groups in total. The van der Waals surface area contributed by atoms with Crippen LogP contribution in [0.2, 0.25) is 0 Å². The van der Waals surface area contributed by atoms with E-state index >= 15 is 0 Å². The molecule has 2 aromatic rings. The van der Waals surface area contributed by atoms with Crippen LogP contribution in [0.15, 0.2) is 48.5 Å². The first kappa shape index (κ1) is 17.3. The average Bonchev–Trinajstić information content (AvgIpc) is 3.10. The molecule has 1 fully saturated rings. The number of rotatable bonds is 6. The van der Waals surface area contributed by atoms with Gasteiger partial charge in [-0.25, -0.2) is 0 Å². The number of hydrogen-bond donors (Lipinski definition) is 1. The molecule has 132 valence electrons. The lowest BCUT2D eigenvalue weighted by Gasteiger charge is -2.24. The predicted molar refractivity (Wildman–Crippen MR) is 98.2 cm³/mol. The molecule has 3 rings (SSSR count). The van der Waals surface area contributed by atoms with Crippen molar-refractivity contribution in [2.75, 3.05) is 32.6 Å². The second kappa shape index (κ2) is 8.03. The van der Waals surface area contributed by atoms with Gasteiger partial charge in [0.25, 0.3) is 0 Å². The molecule has 25 heavy (non-hydrogen) atoms. The highest BCUT2D eigenvalue weighted by atomic mass is 16.5. The summed E-state index contributed by atoms with van der Waals surface area (Å²) in [5, 5.41) is 2.95. The minimum atomic E-state index is -0.0358. The van der Waals surface area contributed by atoms with Crippen molar-refractivity contribution in [3.05, 3.63) is 54.1 Å². The molecule has 1 amide bonds. The van der Waals surface area contributed by atoms with Crippen LogP contribution in [0, 0.1) is 0 Å². The number of carbonyl (C=O) groups excluding carboxylic acids is 1. The SMILES string of the molecule is COc1ccc(NC(=O)CN2CCCC2c2ccccc2)c(OC)c1. The number of benzene rings is 2. The maximum atomic E-state index is 12.5. The van der Waals surface area contributed by atoms with E-state index in [2.05, 4.69) is 22.3 Å². The quantitative estimate of drug-likeness (QED) is 0.875. The van der Waals surface area contributed by atoms with E-state index in [0.717, 1.165) is 19.4 Å². The van der Waals surface area contributed by atoms with Gasteiger partial charge in [0.1, 0.15) is 11.5 Å². The zero-order valence-electron chi connectivity index (χ0n) is 14.7. The summed E-state index contributed by atoms with van der Waals surface area (Å²) < 4.78 is 10.5. The largest absolute Gasteiger partial charge is 0.497 e. The monoisotopic (exact) mass is 340 g/mol. The van der Waals surface area contributed by atoms with E-state index in [4.69, 9.17) is 9.47 Å². The third-order valence-corrected chi connectivity index (χ3v) is 4.58. The number of nitrogens with zero attached hydrogens (tertiary/aromatic N) is 1. The molecule has 1 unspecified atom stereocenters. The van der Waals surface area contributed by atoms with Gasteiger partial charge in [0.2, 0.25) is 5.91 Å². The highest BCUT2D eigenvalue weighted by Crippen LogP contribution is 2.32. The van der Waals surface area contributed by atoms with Crippen LogP contribution < -0.4 is 14.8 Å². The molecule has 1 atom stereocenters. The van der Waals surface area contributed by atoms with Crippen LogP contribution in [0.25, 0.3) is 0 Å². The van der Waals surface area contributed by atoms with Crippen molar-refractivity contribution in [3.63, 3.8) is 0 Å². The summed E-state index contributed by atoms with van der Waals surface area (Å²) in [4.78, 5) is 14.8. The Morgan fingerprint density at radius 1 is 1.16 bits per heavy atom. The van der Waals surface area contributed by atoms with Gasteiger partial charge in [0, 0.05) is 12.1 Å². The highest BCUT2D eigenvalue weighted by molar-refractivity contribution is 5.93. The van der Waals surface area contributed by atoms with Gasteiger partial charge in [-0.15, -0.1) is 0 Å². The van der Waals surface area contributed by atoms with Crippen LogP contribution in [0.1, 0.15) is 24.4 Å². The normalized spacial score (nSPS) is 17.3. The lowest BCUT2D eigenvalue weighted by atomic mass is 10.0. The van der Waals surface area contributed by atoms with Gasteiger partial charge in [0.15, 0.2) is 0 Å². The Labute approximate surface area is 148 Å². The second-order valence-electron chi connectivity index (χ2n) is 6.15. The molecule has 5 nitrogen and oxygen atoms in total. The minimum absolute atomic E-state index is 0.0358. The molecule has 1 heterocycles. The summed E-state index contributed by atoms with van der Waals surface area (Å²) >= 11 is 0. The van der Waals surface area contributed by atoms with Crippen molar-refractivity contribution in [1.82, 2.24) is 4.90 Å². The second-order valence-corrected chi connectivity index (χ2v) is 6.15. The van der Waals surface area contributed by atoms with Crippen molar-refractivity contribution in [1.29, 1.82) is 0 Å². The topological polar surface area (TPSA) is 50.8 Å². The van der Waals surface area contributed by atoms with Crippen molar-refractivity contribution >= 4 is 11.6 Å². The molecule has 1 aliphatic rings. The molecule has 0 aliphatic carbocycles. The van der Waals surface area contributed by atoms with Gasteiger partial charge < -0.3 is 14.8 Å². The standard InChI is InChI=1S/C20H24N2O3/c1-24-16-10-11-17(19(13-16)25-2)21-20(23)14-22-12-6-9-18(22)15-7-4-3-5-8-15/h3-5,7-8,10-11,13,18H,6,9,12,14H2,1-2H3,(H,21,23). The molecular formula is C20H24N2O3. The fourth-order valence-electron chi connectivity index (χ4n) is 3.34. The smallest absolute Gasteiger partial charge is 0.238 e. The molecule has 0 aromatic heterocycles. The number of methoxy groups -OCH3 is 2. The first-order valence-electron chi connectivity index (χ1n) is 8.52. The number of hydrogen-bond acceptors (Lipinski definition) is 4. The maximum Gasteiger partial charge on any atom is 0.238 e. The molecule has 0 bridgehead atoms. The van der Waals surface area contributed by atoms with Crippen LogP contribution in [0.3, 0.4) is 0 Å². The fraction of sp³-hybridized carbons (Fsp3) is 0.350. The van der Waals surface area contributed by atoms with Gasteiger partial charge in [-0.05, 0) is 37.1 Å². The number of nitrogens with one attached hydrogen (secondary N) is 1. The Bertz CT molecular complexity index is 718. The van der Waals surface area contributed by atoms with E-state index < -0.39 is 0 Å². The molecule has 0 saturated carbocycles. The Balaban J connectivity index is 1.66. The van der Waals surface area contributed by atoms with Gasteiger partial charge in [-0.1, -0.05) is 30.3 Å². The Kier molecular flexibility index (Phi) is 5.56. The minimum Gasteiger partial charge on any atom is -0.497 e. The van der Waals surface area contributed by atoms with Crippen molar-refractivity contribution in [2.45, 2.75) is 18.9 Å². The van der Waals surface area contributed by atoms with E-state index in [1.807, 2.05) is 18.2 Å². The van der Waals surface area contributed by atoms with Gasteiger partial charge >= 0.3 is 0 Å². The predicted octanol–water partition coefficient (Wildman–Crippen LogP) is 3.48. The first-order valence-corrected chi connectivity index (χ1v) is 8.52. The number of likely N-dealkylation sites (tertiary alicyclic amines) is 1. The maximum absolute atomic E-state index is 12.5. The van der Waals surface area contributed by atoms with E-state index in [1.54, 1.807) is 32.4 Å². The van der Waals surface area contributed by atoms with E-state index in [9.17, 15) is 4.79 Å². The summed E-state index contributed by atoms with van der Waals surface area (Å²) in [7, 11) is 3.18. The molecule has 0 spiro atoms. The zero-order valence-corrected chi connectivity index (χ0v) is 14.7. The first-order chi connectivity index (χ1) is 12.2. The van der Waals surface area contributed by atoms with E-state index in [-0.39, 0.29) is 5.91 Å². The molecule has 1 aliphatic heterocycles. The summed E-state index contributed by atoms with van der Waals surface area (Å²) in [6, 6.07) is 16.1. The van der Waals surface area contributed by atoms with Crippen LogP contribution in [0.4, 0.5) is 5.69 Å². The number of ether oxygens (including phenoxy) is 2. The molecule has 5 heteroatoms. The van der Waals surface area contributed by atoms with Crippen LogP contribution >= 0.6 is 0 Å². The average molecular weight is 340 g/mol. The summed E-state index contributed by atoms with van der Waals surface area (Å²) in [6.07, 6.45) is 2.20. The molecule has 1 saturated heterocycles. The van der Waals surface area contributed by atoms with Gasteiger partial charge in [0.05, 0.1) is 26.5 Å². The van der Waals surface area contributed by atoms with Crippen LogP contribution in [0.5, 0.6) is 11.5 Å². The van der Waals surface area contributed by atoms with Crippen molar-refractivity contribution < 1.29 is 14.3 Å². The third-order valence-electron chi connectivity index (χ3n) is 4.58. The Morgan fingerprint density at radius 2 is 1.96 bits per heavy atom. The highest BCUT2D eigenvalue weighted by Gasteiger charge is 2.27. The summed E-state index contributed by atoms with van der Waals surface area (Å²) in [6.45, 7) is 1.31. The lowest BCUT2D eigenvalue weighted by Crippen LogP contribution is -2.33. The van der Waals surface area contributed by atoms with Crippen LogP contribution in [-0.2, 0) is 4.79 Å². The zero-order chi connectivity index (χ0) is 17.6. The van der Waals surface area contributed by atoms with Crippen molar-refractivity contribution in [3.8, 4) is 11.5 Å². The third kappa shape index (κ3) is 4.12. The van der Waals surface area contributed by atoms with Gasteiger partial charge in [-0.2, -0.15) is 0 Å². The van der Waals surface area contributed by atoms with E-state index in [0.29, 0.717) is 29.8 Å². The number of amides is 1. The molecular weight excluding hydrogens is 316 g/mol. The number of anilines is 1. The fourth-order valence-corrected chi connectivity index (χ4v) is 3.34. The van der Waals surface area contributed by atoms with E-state index in [1.165, 1.54) is 5.56 Å². The lowest BCUT2D eigenvalue weighted by molar-refractivity contribution is -0.117. The van der Waals surface area contributed by atoms with Gasteiger partial charge in [-0.3, -0.25) is 9.69 Å². The number of carbonyl (C=O) groups is 1. The summed E-state index contributed by atoms with van der Waals surface area (Å²) in [5.74, 6) is 1.25. The van der Waals surface area contributed by atoms with Crippen LogP contribution in [-0.4, -0.2) is 38.1 Å². The van der Waals surface area contributed by atoms with Crippen molar-refractivity contribution in [2.24, 2.45) is 0 Å².